The number of benzene rings is 2. The van der Waals surface area contributed by atoms with Gasteiger partial charge in [0.05, 0.1) is 6.10 Å². The lowest BCUT2D eigenvalue weighted by atomic mass is 10.1. The molecule has 0 radical (unpaired) electrons. The molecule has 1 aliphatic heterocycles. The Hall–Kier alpha value is -2.18. The number of thioether (sulfide) groups is 1. The summed E-state index contributed by atoms with van der Waals surface area (Å²) in [4.78, 5) is 12.0. The number of fused-ring (bicyclic) bond motifs is 1. The third-order valence-corrected chi connectivity index (χ3v) is 4.63. The summed E-state index contributed by atoms with van der Waals surface area (Å²) in [6, 6.07) is 14.9. The zero-order valence-electron chi connectivity index (χ0n) is 13.1. The van der Waals surface area contributed by atoms with Crippen LogP contribution < -0.4 is 14.8 Å². The predicted octanol–water partition coefficient (Wildman–Crippen LogP) is 3.21. The summed E-state index contributed by atoms with van der Waals surface area (Å²) in [6.07, 6.45) is -0.117. The second-order valence-electron chi connectivity index (χ2n) is 5.37. The standard InChI is InChI=1S/C18H19NO4S/c20-15(13-4-2-1-3-5-13)11-24-9-8-18(21)19-14-6-7-16-17(10-14)23-12-22-16/h1-7,10,15,20H,8-9,11-12H2,(H,19,21). The molecule has 6 heteroatoms. The van der Waals surface area contributed by atoms with Crippen molar-refractivity contribution in [2.45, 2.75) is 12.5 Å². The molecule has 0 aliphatic carbocycles. The molecular formula is C18H19NO4S. The van der Waals surface area contributed by atoms with Crippen LogP contribution in [0.15, 0.2) is 48.5 Å². The first-order valence-electron chi connectivity index (χ1n) is 7.72. The van der Waals surface area contributed by atoms with Crippen LogP contribution >= 0.6 is 11.8 Å². The Morgan fingerprint density at radius 1 is 1.17 bits per heavy atom. The number of ether oxygens (including phenoxy) is 2. The van der Waals surface area contributed by atoms with Crippen LogP contribution in [0.4, 0.5) is 5.69 Å². The number of aliphatic hydroxyl groups excluding tert-OH is 1. The highest BCUT2D eigenvalue weighted by Gasteiger charge is 2.14. The Morgan fingerprint density at radius 2 is 1.96 bits per heavy atom. The van der Waals surface area contributed by atoms with E-state index >= 15 is 0 Å². The van der Waals surface area contributed by atoms with Gasteiger partial charge in [-0.25, -0.2) is 0 Å². The van der Waals surface area contributed by atoms with E-state index in [-0.39, 0.29) is 12.7 Å². The summed E-state index contributed by atoms with van der Waals surface area (Å²) in [5.41, 5.74) is 1.59. The maximum absolute atomic E-state index is 12.0. The fourth-order valence-electron chi connectivity index (χ4n) is 2.33. The van der Waals surface area contributed by atoms with Crippen molar-refractivity contribution >= 4 is 23.4 Å². The summed E-state index contributed by atoms with van der Waals surface area (Å²) >= 11 is 1.56. The van der Waals surface area contributed by atoms with E-state index in [1.54, 1.807) is 30.0 Å². The average Bonchev–Trinajstić information content (AvgIpc) is 3.07. The molecule has 0 bridgehead atoms. The molecule has 3 rings (SSSR count). The second kappa shape index (κ2) is 8.08. The number of hydrogen-bond donors (Lipinski definition) is 2. The average molecular weight is 345 g/mol. The van der Waals surface area contributed by atoms with E-state index in [0.717, 1.165) is 5.56 Å². The quantitative estimate of drug-likeness (QED) is 0.754. The molecule has 1 atom stereocenters. The molecule has 0 saturated heterocycles. The summed E-state index contributed by atoms with van der Waals surface area (Å²) in [6.45, 7) is 0.215. The Bertz CT molecular complexity index is 693. The molecule has 24 heavy (non-hydrogen) atoms. The first-order chi connectivity index (χ1) is 11.7. The van der Waals surface area contributed by atoms with Crippen LogP contribution in [0.2, 0.25) is 0 Å². The van der Waals surface area contributed by atoms with Gasteiger partial charge in [-0.2, -0.15) is 11.8 Å². The lowest BCUT2D eigenvalue weighted by molar-refractivity contribution is -0.115. The van der Waals surface area contributed by atoms with E-state index in [1.165, 1.54) is 0 Å². The zero-order valence-corrected chi connectivity index (χ0v) is 13.9. The van der Waals surface area contributed by atoms with Gasteiger partial charge in [0.1, 0.15) is 0 Å². The summed E-state index contributed by atoms with van der Waals surface area (Å²) in [5.74, 6) is 2.50. The van der Waals surface area contributed by atoms with Gasteiger partial charge in [0.25, 0.3) is 0 Å². The van der Waals surface area contributed by atoms with Gasteiger partial charge in [0.2, 0.25) is 12.7 Å². The van der Waals surface area contributed by atoms with Crippen LogP contribution in [0.25, 0.3) is 0 Å². The van der Waals surface area contributed by atoms with Crippen molar-refractivity contribution < 1.29 is 19.4 Å². The minimum atomic E-state index is -0.506. The SMILES string of the molecule is O=C(CCSCC(O)c1ccccc1)Nc1ccc2c(c1)OCO2. The van der Waals surface area contributed by atoms with Crippen LogP contribution in [-0.2, 0) is 4.79 Å². The number of rotatable bonds is 7. The van der Waals surface area contributed by atoms with Crippen LogP contribution in [0.3, 0.4) is 0 Å². The number of hydrogen-bond acceptors (Lipinski definition) is 5. The number of nitrogens with one attached hydrogen (secondary N) is 1. The van der Waals surface area contributed by atoms with Crippen molar-refractivity contribution in [2.75, 3.05) is 23.6 Å². The molecule has 5 nitrogen and oxygen atoms in total. The minimum absolute atomic E-state index is 0.0597. The molecule has 2 aromatic rings. The van der Waals surface area contributed by atoms with E-state index in [9.17, 15) is 9.90 Å². The molecule has 2 aromatic carbocycles. The maximum atomic E-state index is 12.0. The molecule has 0 saturated carbocycles. The molecule has 1 aliphatic rings. The van der Waals surface area contributed by atoms with Gasteiger partial charge in [0, 0.05) is 29.7 Å². The van der Waals surface area contributed by atoms with Crippen molar-refractivity contribution in [2.24, 2.45) is 0 Å². The van der Waals surface area contributed by atoms with E-state index in [2.05, 4.69) is 5.32 Å². The normalized spacial score (nSPS) is 13.5. The number of aliphatic hydroxyl groups is 1. The molecule has 0 fully saturated rings. The fourth-order valence-corrected chi connectivity index (χ4v) is 3.24. The maximum Gasteiger partial charge on any atom is 0.231 e. The monoisotopic (exact) mass is 345 g/mol. The third kappa shape index (κ3) is 4.43. The molecule has 1 heterocycles. The van der Waals surface area contributed by atoms with Crippen LogP contribution in [-0.4, -0.2) is 29.3 Å². The lowest BCUT2D eigenvalue weighted by Gasteiger charge is -2.10. The smallest absolute Gasteiger partial charge is 0.231 e. The molecule has 1 amide bonds. The highest BCUT2D eigenvalue weighted by molar-refractivity contribution is 7.99. The first kappa shape index (κ1) is 16.7. The highest BCUT2D eigenvalue weighted by Crippen LogP contribution is 2.34. The number of carbonyl (C=O) groups excluding carboxylic acids is 1. The van der Waals surface area contributed by atoms with Gasteiger partial charge in [-0.15, -0.1) is 0 Å². The zero-order chi connectivity index (χ0) is 16.8. The molecule has 2 N–H and O–H groups in total. The molecule has 0 aromatic heterocycles. The van der Waals surface area contributed by atoms with Crippen molar-refractivity contribution in [3.8, 4) is 11.5 Å². The summed E-state index contributed by atoms with van der Waals surface area (Å²) < 4.78 is 10.5. The van der Waals surface area contributed by atoms with Gasteiger partial charge < -0.3 is 19.9 Å². The van der Waals surface area contributed by atoms with Gasteiger partial charge in [0.15, 0.2) is 11.5 Å². The van der Waals surface area contributed by atoms with Crippen molar-refractivity contribution in [1.29, 1.82) is 0 Å². The van der Waals surface area contributed by atoms with Crippen LogP contribution in [0, 0.1) is 0 Å². The molecule has 0 spiro atoms. The Kier molecular flexibility index (Phi) is 5.61. The van der Waals surface area contributed by atoms with Gasteiger partial charge in [-0.1, -0.05) is 30.3 Å². The third-order valence-electron chi connectivity index (χ3n) is 3.59. The molecular weight excluding hydrogens is 326 g/mol. The van der Waals surface area contributed by atoms with Crippen molar-refractivity contribution in [1.82, 2.24) is 0 Å². The minimum Gasteiger partial charge on any atom is -0.454 e. The van der Waals surface area contributed by atoms with E-state index < -0.39 is 6.10 Å². The van der Waals surface area contributed by atoms with E-state index in [4.69, 9.17) is 9.47 Å². The second-order valence-corrected chi connectivity index (χ2v) is 6.52. The van der Waals surface area contributed by atoms with E-state index in [1.807, 2.05) is 30.3 Å². The number of amides is 1. The van der Waals surface area contributed by atoms with Gasteiger partial charge in [-0.3, -0.25) is 4.79 Å². The largest absolute Gasteiger partial charge is 0.454 e. The lowest BCUT2D eigenvalue weighted by Crippen LogP contribution is -2.12. The predicted molar refractivity (Wildman–Crippen MR) is 94.5 cm³/mol. The summed E-state index contributed by atoms with van der Waals surface area (Å²) in [5, 5.41) is 12.9. The van der Waals surface area contributed by atoms with Gasteiger partial charge >= 0.3 is 0 Å². The fraction of sp³-hybridized carbons (Fsp3) is 0.278. The highest BCUT2D eigenvalue weighted by atomic mass is 32.2. The Morgan fingerprint density at radius 3 is 2.79 bits per heavy atom. The Balaban J connectivity index is 1.38. The van der Waals surface area contributed by atoms with Crippen molar-refractivity contribution in [3.63, 3.8) is 0 Å². The van der Waals surface area contributed by atoms with E-state index in [0.29, 0.717) is 35.1 Å². The summed E-state index contributed by atoms with van der Waals surface area (Å²) in [7, 11) is 0. The van der Waals surface area contributed by atoms with Gasteiger partial charge in [-0.05, 0) is 17.7 Å². The number of anilines is 1. The first-order valence-corrected chi connectivity index (χ1v) is 8.88. The van der Waals surface area contributed by atoms with Crippen LogP contribution in [0.5, 0.6) is 11.5 Å². The van der Waals surface area contributed by atoms with Crippen LogP contribution in [0.1, 0.15) is 18.1 Å². The molecule has 1 unspecified atom stereocenters. The molecule has 126 valence electrons. The number of carbonyl (C=O) groups is 1. The Labute approximate surface area is 145 Å². The van der Waals surface area contributed by atoms with Crippen molar-refractivity contribution in [3.05, 3.63) is 54.1 Å². The topological polar surface area (TPSA) is 67.8 Å².